The fourth-order valence-electron chi connectivity index (χ4n) is 2.13. The van der Waals surface area contributed by atoms with Crippen LogP contribution in [0.2, 0.25) is 0 Å². The summed E-state index contributed by atoms with van der Waals surface area (Å²) >= 11 is 0. The zero-order valence-electron chi connectivity index (χ0n) is 12.9. The zero-order valence-corrected chi connectivity index (χ0v) is 12.9. The van der Waals surface area contributed by atoms with Crippen LogP contribution in [0.4, 0.5) is 0 Å². The molecule has 0 bridgehead atoms. The monoisotopic (exact) mass is 316 g/mol. The van der Waals surface area contributed by atoms with E-state index < -0.39 is 17.2 Å². The molecule has 2 rings (SSSR count). The molecule has 0 saturated heterocycles. The van der Waals surface area contributed by atoms with Gasteiger partial charge in [-0.3, -0.25) is 18.7 Å². The first-order chi connectivity index (χ1) is 11.0. The van der Waals surface area contributed by atoms with Gasteiger partial charge in [-0.05, 0) is 12.5 Å². The number of hydrogen-bond acceptors (Lipinski definition) is 4. The molecule has 1 aromatic heterocycles. The average molecular weight is 316 g/mol. The Balaban J connectivity index is 2.23. The highest BCUT2D eigenvalue weighted by Gasteiger charge is 2.11. The maximum Gasteiger partial charge on any atom is 0.331 e. The molecule has 0 aliphatic rings. The molecule has 0 unspecified atom stereocenters. The minimum Gasteiger partial charge on any atom is -0.351 e. The number of hydrogen-bond donors (Lipinski definition) is 2. The van der Waals surface area contributed by atoms with Gasteiger partial charge < -0.3 is 11.1 Å². The summed E-state index contributed by atoms with van der Waals surface area (Å²) in [4.78, 5) is 36.2. The van der Waals surface area contributed by atoms with E-state index in [9.17, 15) is 14.4 Å². The Morgan fingerprint density at radius 3 is 2.57 bits per heavy atom. The van der Waals surface area contributed by atoms with Crippen molar-refractivity contribution in [1.29, 1.82) is 0 Å². The normalized spacial score (nSPS) is 11.9. The quantitative estimate of drug-likeness (QED) is 0.752. The molecule has 7 heteroatoms. The number of benzene rings is 1. The van der Waals surface area contributed by atoms with Gasteiger partial charge in [0.2, 0.25) is 5.91 Å². The molecular formula is C16H20N4O3. The van der Waals surface area contributed by atoms with Crippen LogP contribution in [0.25, 0.3) is 0 Å². The van der Waals surface area contributed by atoms with Gasteiger partial charge in [-0.2, -0.15) is 0 Å². The van der Waals surface area contributed by atoms with E-state index in [4.69, 9.17) is 5.73 Å². The van der Waals surface area contributed by atoms with Gasteiger partial charge in [0.05, 0.1) is 6.54 Å². The van der Waals surface area contributed by atoms with Crippen LogP contribution in [0.1, 0.15) is 12.5 Å². The van der Waals surface area contributed by atoms with Gasteiger partial charge in [0.25, 0.3) is 5.56 Å². The van der Waals surface area contributed by atoms with E-state index in [1.165, 1.54) is 16.8 Å². The predicted molar refractivity (Wildman–Crippen MR) is 87.2 cm³/mol. The summed E-state index contributed by atoms with van der Waals surface area (Å²) in [6.07, 6.45) is 1.44. The van der Waals surface area contributed by atoms with Crippen molar-refractivity contribution in [3.63, 3.8) is 0 Å². The van der Waals surface area contributed by atoms with Gasteiger partial charge in [0, 0.05) is 24.8 Å². The van der Waals surface area contributed by atoms with Crippen molar-refractivity contribution in [2.24, 2.45) is 5.73 Å². The smallest absolute Gasteiger partial charge is 0.331 e. The summed E-state index contributed by atoms with van der Waals surface area (Å²) in [5.41, 5.74) is 5.34. The molecule has 1 amide bonds. The Morgan fingerprint density at radius 2 is 1.91 bits per heavy atom. The second-order valence-electron chi connectivity index (χ2n) is 5.34. The third-order valence-electron chi connectivity index (χ3n) is 3.40. The fourth-order valence-corrected chi connectivity index (χ4v) is 2.13. The zero-order chi connectivity index (χ0) is 16.8. The number of carbonyl (C=O) groups is 1. The maximum atomic E-state index is 12.4. The molecular weight excluding hydrogens is 296 g/mol. The Kier molecular flexibility index (Phi) is 5.48. The molecule has 3 N–H and O–H groups in total. The second-order valence-corrected chi connectivity index (χ2v) is 5.34. The summed E-state index contributed by atoms with van der Waals surface area (Å²) in [5.74, 6) is -0.417. The lowest BCUT2D eigenvalue weighted by Crippen LogP contribution is -2.46. The summed E-state index contributed by atoms with van der Waals surface area (Å²) in [6.45, 7) is 2.05. The predicted octanol–water partition coefficient (Wildman–Crippen LogP) is -0.478. The molecule has 0 aliphatic heterocycles. The number of nitrogens with zero attached hydrogens (tertiary/aromatic N) is 2. The molecule has 122 valence electrons. The van der Waals surface area contributed by atoms with E-state index in [2.05, 4.69) is 5.32 Å². The number of nitrogens with one attached hydrogen (secondary N) is 1. The largest absolute Gasteiger partial charge is 0.351 e. The molecule has 0 radical (unpaired) electrons. The molecule has 0 fully saturated rings. The van der Waals surface area contributed by atoms with Gasteiger partial charge in [0.15, 0.2) is 0 Å². The van der Waals surface area contributed by atoms with Gasteiger partial charge in [-0.15, -0.1) is 0 Å². The average Bonchev–Trinajstić information content (AvgIpc) is 2.55. The molecule has 0 saturated carbocycles. The molecule has 0 spiro atoms. The lowest BCUT2D eigenvalue weighted by Gasteiger charge is -2.13. The standard InChI is InChI=1S/C16H20N4O3/c1-12(9-17)18-14(21)11-20-15(22)7-8-19(16(20)23)10-13-5-3-2-4-6-13/h2-8,12H,9-11,17H2,1H3,(H,18,21)/t12-/m0/s1. The topological polar surface area (TPSA) is 99.1 Å². The lowest BCUT2D eigenvalue weighted by molar-refractivity contribution is -0.122. The highest BCUT2D eigenvalue weighted by molar-refractivity contribution is 5.75. The van der Waals surface area contributed by atoms with Crippen LogP contribution < -0.4 is 22.3 Å². The first-order valence-corrected chi connectivity index (χ1v) is 7.35. The van der Waals surface area contributed by atoms with Crippen molar-refractivity contribution in [2.75, 3.05) is 6.54 Å². The summed E-state index contributed by atoms with van der Waals surface area (Å²) < 4.78 is 2.32. The third kappa shape index (κ3) is 4.40. The minimum absolute atomic E-state index is 0.214. The van der Waals surface area contributed by atoms with Crippen LogP contribution in [0.3, 0.4) is 0 Å². The van der Waals surface area contributed by atoms with Crippen molar-refractivity contribution in [3.05, 3.63) is 69.0 Å². The fraction of sp³-hybridized carbons (Fsp3) is 0.312. The Morgan fingerprint density at radius 1 is 1.22 bits per heavy atom. The number of amides is 1. The molecule has 0 aliphatic carbocycles. The van der Waals surface area contributed by atoms with Crippen LogP contribution in [0, 0.1) is 0 Å². The van der Waals surface area contributed by atoms with Crippen molar-refractivity contribution in [2.45, 2.75) is 26.1 Å². The van der Waals surface area contributed by atoms with Gasteiger partial charge in [-0.25, -0.2) is 4.79 Å². The van der Waals surface area contributed by atoms with Crippen molar-refractivity contribution in [1.82, 2.24) is 14.5 Å². The van der Waals surface area contributed by atoms with Crippen LogP contribution in [0.5, 0.6) is 0 Å². The maximum absolute atomic E-state index is 12.4. The number of aromatic nitrogens is 2. The number of carbonyl (C=O) groups excluding carboxylic acids is 1. The first-order valence-electron chi connectivity index (χ1n) is 7.35. The van der Waals surface area contributed by atoms with E-state index in [0.717, 1.165) is 10.1 Å². The molecule has 1 aromatic carbocycles. The molecule has 23 heavy (non-hydrogen) atoms. The van der Waals surface area contributed by atoms with E-state index in [1.54, 1.807) is 6.92 Å². The summed E-state index contributed by atoms with van der Waals surface area (Å²) in [6, 6.07) is 10.5. The first kappa shape index (κ1) is 16.7. The van der Waals surface area contributed by atoms with E-state index in [-0.39, 0.29) is 19.1 Å². The third-order valence-corrected chi connectivity index (χ3v) is 3.40. The number of nitrogens with two attached hydrogens (primary N) is 1. The lowest BCUT2D eigenvalue weighted by atomic mass is 10.2. The Hall–Kier alpha value is -2.67. The Labute approximate surface area is 133 Å². The van der Waals surface area contributed by atoms with Crippen LogP contribution in [-0.4, -0.2) is 27.6 Å². The second kappa shape index (κ2) is 7.55. The van der Waals surface area contributed by atoms with E-state index in [0.29, 0.717) is 6.54 Å². The molecule has 2 aromatic rings. The molecule has 1 heterocycles. The van der Waals surface area contributed by atoms with Gasteiger partial charge in [-0.1, -0.05) is 30.3 Å². The van der Waals surface area contributed by atoms with Crippen LogP contribution >= 0.6 is 0 Å². The summed E-state index contributed by atoms with van der Waals surface area (Å²) in [5, 5.41) is 2.63. The van der Waals surface area contributed by atoms with Crippen LogP contribution in [-0.2, 0) is 17.9 Å². The highest BCUT2D eigenvalue weighted by atomic mass is 16.2. The molecule has 7 nitrogen and oxygen atoms in total. The van der Waals surface area contributed by atoms with Crippen molar-refractivity contribution >= 4 is 5.91 Å². The van der Waals surface area contributed by atoms with Gasteiger partial charge in [0.1, 0.15) is 6.54 Å². The number of rotatable bonds is 6. The van der Waals surface area contributed by atoms with Crippen LogP contribution in [0.15, 0.2) is 52.2 Å². The van der Waals surface area contributed by atoms with E-state index in [1.807, 2.05) is 30.3 Å². The van der Waals surface area contributed by atoms with Crippen molar-refractivity contribution < 1.29 is 4.79 Å². The van der Waals surface area contributed by atoms with Crippen molar-refractivity contribution in [3.8, 4) is 0 Å². The minimum atomic E-state index is -0.517. The SMILES string of the molecule is C[C@@H](CN)NC(=O)Cn1c(=O)ccn(Cc2ccccc2)c1=O. The Bertz CT molecular complexity index is 780. The molecule has 1 atom stereocenters. The van der Waals surface area contributed by atoms with E-state index >= 15 is 0 Å². The summed E-state index contributed by atoms with van der Waals surface area (Å²) in [7, 11) is 0. The van der Waals surface area contributed by atoms with Gasteiger partial charge >= 0.3 is 5.69 Å². The highest BCUT2D eigenvalue weighted by Crippen LogP contribution is 1.99.